The van der Waals surface area contributed by atoms with Crippen molar-refractivity contribution in [3.63, 3.8) is 0 Å². The number of hydrogen-bond donors (Lipinski definition) is 1. The fraction of sp³-hybridized carbons (Fsp3) is 0.550. The molecule has 2 heterocycles. The highest BCUT2D eigenvalue weighted by molar-refractivity contribution is 5.98. The Morgan fingerprint density at radius 2 is 2.00 bits per heavy atom. The lowest BCUT2D eigenvalue weighted by molar-refractivity contribution is 0.0723. The zero-order chi connectivity index (χ0) is 18.8. The number of carbonyl (C=O) groups excluding carboxylic acids is 1. The molecule has 7 nitrogen and oxygen atoms in total. The second-order valence-electron chi connectivity index (χ2n) is 7.31. The number of H-pyrrole nitrogens is 1. The van der Waals surface area contributed by atoms with Gasteiger partial charge in [0.25, 0.3) is 5.91 Å². The summed E-state index contributed by atoms with van der Waals surface area (Å²) < 4.78 is 10.7. The molecule has 1 amide bonds. The van der Waals surface area contributed by atoms with E-state index in [0.717, 1.165) is 55.5 Å². The highest BCUT2D eigenvalue weighted by Crippen LogP contribution is 2.45. The molecular weight excluding hydrogens is 344 g/mol. The number of aromatic amines is 1. The van der Waals surface area contributed by atoms with Crippen molar-refractivity contribution in [2.24, 2.45) is 0 Å². The first kappa shape index (κ1) is 18.0. The van der Waals surface area contributed by atoms with Gasteiger partial charge in [0.1, 0.15) is 12.4 Å². The SMILES string of the molecule is COCc1nc(-c2cc(C(=O)N3CCCCC3)c(C3CC3)cc2OC)n[nH]1. The number of piperidine rings is 1. The molecule has 0 unspecified atom stereocenters. The van der Waals surface area contributed by atoms with Crippen molar-refractivity contribution in [1.82, 2.24) is 20.1 Å². The Bertz CT molecular complexity index is 823. The summed E-state index contributed by atoms with van der Waals surface area (Å²) in [5, 5.41) is 7.18. The monoisotopic (exact) mass is 370 g/mol. The van der Waals surface area contributed by atoms with Crippen LogP contribution in [0.5, 0.6) is 5.75 Å². The summed E-state index contributed by atoms with van der Waals surface area (Å²) in [5.74, 6) is 2.44. The maximum Gasteiger partial charge on any atom is 0.254 e. The smallest absolute Gasteiger partial charge is 0.254 e. The standard InChI is InChI=1S/C20H26N4O3/c1-26-12-18-21-19(23-22-18)16-10-15(20(25)24-8-4-3-5-9-24)14(13-6-7-13)11-17(16)27-2/h10-11,13H,3-9,12H2,1-2H3,(H,21,22,23). The van der Waals surface area contributed by atoms with Crippen molar-refractivity contribution in [2.75, 3.05) is 27.3 Å². The molecule has 4 rings (SSSR count). The van der Waals surface area contributed by atoms with Gasteiger partial charge in [-0.1, -0.05) is 0 Å². The molecule has 0 atom stereocenters. The van der Waals surface area contributed by atoms with Crippen LogP contribution < -0.4 is 4.74 Å². The van der Waals surface area contributed by atoms with Gasteiger partial charge in [-0.3, -0.25) is 9.89 Å². The van der Waals surface area contributed by atoms with Gasteiger partial charge >= 0.3 is 0 Å². The van der Waals surface area contributed by atoms with E-state index in [-0.39, 0.29) is 5.91 Å². The third-order valence-corrected chi connectivity index (χ3v) is 5.32. The molecule has 1 aliphatic heterocycles. The Hall–Kier alpha value is -2.41. The van der Waals surface area contributed by atoms with Crippen LogP contribution in [-0.2, 0) is 11.3 Å². The number of rotatable bonds is 6. The highest BCUT2D eigenvalue weighted by Gasteiger charge is 2.32. The summed E-state index contributed by atoms with van der Waals surface area (Å²) in [6.45, 7) is 2.03. The van der Waals surface area contributed by atoms with Gasteiger partial charge in [-0.15, -0.1) is 0 Å². The highest BCUT2D eigenvalue weighted by atomic mass is 16.5. The summed E-state index contributed by atoms with van der Waals surface area (Å²) in [4.78, 5) is 19.7. The lowest BCUT2D eigenvalue weighted by Gasteiger charge is -2.28. The van der Waals surface area contributed by atoms with E-state index >= 15 is 0 Å². The molecule has 1 saturated carbocycles. The topological polar surface area (TPSA) is 80.3 Å². The van der Waals surface area contributed by atoms with Crippen molar-refractivity contribution in [3.8, 4) is 17.1 Å². The van der Waals surface area contributed by atoms with E-state index in [2.05, 4.69) is 15.2 Å². The van der Waals surface area contributed by atoms with E-state index in [1.54, 1.807) is 14.2 Å². The van der Waals surface area contributed by atoms with Crippen LogP contribution in [-0.4, -0.2) is 53.3 Å². The average molecular weight is 370 g/mol. The molecule has 2 fully saturated rings. The van der Waals surface area contributed by atoms with Crippen LogP contribution in [0.1, 0.15) is 59.8 Å². The Labute approximate surface area is 159 Å². The molecule has 144 valence electrons. The first-order valence-electron chi connectivity index (χ1n) is 9.63. The van der Waals surface area contributed by atoms with Gasteiger partial charge in [-0.05, 0) is 55.7 Å². The molecule has 2 aliphatic rings. The van der Waals surface area contributed by atoms with Crippen molar-refractivity contribution in [1.29, 1.82) is 0 Å². The summed E-state index contributed by atoms with van der Waals surface area (Å²) in [6.07, 6.45) is 5.61. The summed E-state index contributed by atoms with van der Waals surface area (Å²) in [6, 6.07) is 3.93. The quantitative estimate of drug-likeness (QED) is 0.845. The largest absolute Gasteiger partial charge is 0.496 e. The van der Waals surface area contributed by atoms with E-state index in [4.69, 9.17) is 9.47 Å². The molecule has 0 bridgehead atoms. The summed E-state index contributed by atoms with van der Waals surface area (Å²) in [7, 11) is 3.26. The van der Waals surface area contributed by atoms with Crippen LogP contribution in [0.2, 0.25) is 0 Å². The predicted octanol–water partition coefficient (Wildman–Crippen LogP) is 3.13. The fourth-order valence-electron chi connectivity index (χ4n) is 3.74. The average Bonchev–Trinajstić information content (AvgIpc) is 3.46. The number of nitrogens with one attached hydrogen (secondary N) is 1. The fourth-order valence-corrected chi connectivity index (χ4v) is 3.74. The van der Waals surface area contributed by atoms with Crippen LogP contribution in [0.3, 0.4) is 0 Å². The second kappa shape index (κ2) is 7.68. The number of carbonyl (C=O) groups is 1. The first-order chi connectivity index (χ1) is 13.2. The van der Waals surface area contributed by atoms with Crippen molar-refractivity contribution in [3.05, 3.63) is 29.1 Å². The maximum atomic E-state index is 13.3. The number of hydrogen-bond acceptors (Lipinski definition) is 5. The predicted molar refractivity (Wildman–Crippen MR) is 101 cm³/mol. The third-order valence-electron chi connectivity index (χ3n) is 5.32. The van der Waals surface area contributed by atoms with Crippen LogP contribution in [0.25, 0.3) is 11.4 Å². The molecule has 0 radical (unpaired) electrons. The van der Waals surface area contributed by atoms with Gasteiger partial charge in [0, 0.05) is 25.8 Å². The van der Waals surface area contributed by atoms with Gasteiger partial charge in [0.05, 0.1) is 12.7 Å². The lowest BCUT2D eigenvalue weighted by Crippen LogP contribution is -2.36. The molecule has 1 aromatic heterocycles. The van der Waals surface area contributed by atoms with Crippen molar-refractivity contribution < 1.29 is 14.3 Å². The summed E-state index contributed by atoms with van der Waals surface area (Å²) >= 11 is 0. The number of ether oxygens (including phenoxy) is 2. The molecule has 27 heavy (non-hydrogen) atoms. The second-order valence-corrected chi connectivity index (χ2v) is 7.31. The minimum absolute atomic E-state index is 0.119. The zero-order valence-electron chi connectivity index (χ0n) is 16.0. The van der Waals surface area contributed by atoms with Gasteiger partial charge in [0.2, 0.25) is 0 Å². The maximum absolute atomic E-state index is 13.3. The molecule has 7 heteroatoms. The van der Waals surface area contributed by atoms with Gasteiger partial charge in [-0.2, -0.15) is 5.10 Å². The number of benzene rings is 1. The lowest BCUT2D eigenvalue weighted by atomic mass is 9.97. The van der Waals surface area contributed by atoms with Crippen LogP contribution in [0, 0.1) is 0 Å². The molecule has 1 saturated heterocycles. The van der Waals surface area contributed by atoms with E-state index in [1.807, 2.05) is 17.0 Å². The van der Waals surface area contributed by atoms with E-state index in [1.165, 1.54) is 6.42 Å². The van der Waals surface area contributed by atoms with E-state index in [9.17, 15) is 4.79 Å². The molecule has 2 aromatic rings. The zero-order valence-corrected chi connectivity index (χ0v) is 16.0. The molecule has 1 N–H and O–H groups in total. The number of amides is 1. The number of methoxy groups -OCH3 is 2. The van der Waals surface area contributed by atoms with Crippen LogP contribution >= 0.6 is 0 Å². The van der Waals surface area contributed by atoms with Crippen LogP contribution in [0.15, 0.2) is 12.1 Å². The normalized spacial score (nSPS) is 17.2. The number of nitrogens with zero attached hydrogens (tertiary/aromatic N) is 3. The minimum Gasteiger partial charge on any atom is -0.496 e. The molecule has 1 aliphatic carbocycles. The van der Waals surface area contributed by atoms with Gasteiger partial charge in [-0.25, -0.2) is 4.98 Å². The Balaban J connectivity index is 1.75. The Morgan fingerprint density at radius 3 is 2.67 bits per heavy atom. The van der Waals surface area contributed by atoms with E-state index < -0.39 is 0 Å². The van der Waals surface area contributed by atoms with Gasteiger partial charge in [0.15, 0.2) is 11.6 Å². The van der Waals surface area contributed by atoms with E-state index in [0.29, 0.717) is 29.9 Å². The molecule has 0 spiro atoms. The van der Waals surface area contributed by atoms with Crippen molar-refractivity contribution in [2.45, 2.75) is 44.6 Å². The van der Waals surface area contributed by atoms with Crippen molar-refractivity contribution >= 4 is 5.91 Å². The minimum atomic E-state index is 0.119. The van der Waals surface area contributed by atoms with Gasteiger partial charge < -0.3 is 14.4 Å². The Morgan fingerprint density at radius 1 is 1.22 bits per heavy atom. The summed E-state index contributed by atoms with van der Waals surface area (Å²) in [5.41, 5.74) is 2.60. The number of likely N-dealkylation sites (tertiary alicyclic amines) is 1. The molecule has 1 aromatic carbocycles. The Kier molecular flexibility index (Phi) is 5.11. The van der Waals surface area contributed by atoms with Crippen LogP contribution in [0.4, 0.5) is 0 Å². The third kappa shape index (κ3) is 3.69. The number of aromatic nitrogens is 3. The molecular formula is C20H26N4O3. The first-order valence-corrected chi connectivity index (χ1v) is 9.63.